The van der Waals surface area contributed by atoms with E-state index in [4.69, 9.17) is 8.94 Å². The molecule has 1 aliphatic carbocycles. The maximum absolute atomic E-state index is 12.1. The molecule has 0 aromatic carbocycles. The lowest BCUT2D eigenvalue weighted by molar-refractivity contribution is 0.380. The molecule has 0 bridgehead atoms. The Bertz CT molecular complexity index is 712. The number of aryl methyl sites for hydroxylation is 2. The zero-order chi connectivity index (χ0) is 13.6. The Hall–Kier alpha value is -1.83. The third kappa shape index (κ3) is 2.35. The first-order chi connectivity index (χ1) is 8.95. The van der Waals surface area contributed by atoms with E-state index < -0.39 is 10.0 Å². The fraction of sp³-hybridized carbons (Fsp3) is 0.455. The van der Waals surface area contributed by atoms with Crippen LogP contribution in [0.15, 0.2) is 19.9 Å². The lowest BCUT2D eigenvalue weighted by Gasteiger charge is -2.01. The summed E-state index contributed by atoms with van der Waals surface area (Å²) in [6.07, 6.45) is 2.02. The van der Waals surface area contributed by atoms with Crippen LogP contribution in [-0.4, -0.2) is 18.6 Å². The van der Waals surface area contributed by atoms with Gasteiger partial charge in [0.15, 0.2) is 0 Å². The summed E-state index contributed by atoms with van der Waals surface area (Å²) in [6.45, 7) is 3.28. The van der Waals surface area contributed by atoms with Crippen LogP contribution in [0.2, 0.25) is 0 Å². The quantitative estimate of drug-likeness (QED) is 0.920. The van der Waals surface area contributed by atoms with E-state index in [0.717, 1.165) is 12.8 Å². The second kappa shape index (κ2) is 4.09. The maximum Gasteiger partial charge on any atom is 0.277 e. The first-order valence-electron chi connectivity index (χ1n) is 5.89. The lowest BCUT2D eigenvalue weighted by Crippen LogP contribution is -2.14. The van der Waals surface area contributed by atoms with Gasteiger partial charge in [0, 0.05) is 12.0 Å². The predicted molar refractivity (Wildman–Crippen MR) is 65.3 cm³/mol. The molecule has 8 heteroatoms. The number of rotatable bonds is 4. The molecular weight excluding hydrogens is 270 g/mol. The Morgan fingerprint density at radius 1 is 1.37 bits per heavy atom. The average molecular weight is 283 g/mol. The molecule has 0 saturated heterocycles. The summed E-state index contributed by atoms with van der Waals surface area (Å²) in [5, 5.41) is 3.62. The minimum Gasteiger partial charge on any atom is -0.465 e. The number of nitrogens with one attached hydrogen (secondary N) is 1. The summed E-state index contributed by atoms with van der Waals surface area (Å²) in [6, 6.07) is 1.46. The molecule has 19 heavy (non-hydrogen) atoms. The molecule has 0 radical (unpaired) electrons. The van der Waals surface area contributed by atoms with Crippen molar-refractivity contribution >= 4 is 16.0 Å². The van der Waals surface area contributed by atoms with Gasteiger partial charge in [0.2, 0.25) is 5.89 Å². The molecule has 2 heterocycles. The Labute approximate surface area is 110 Å². The minimum atomic E-state index is -3.74. The first kappa shape index (κ1) is 12.2. The van der Waals surface area contributed by atoms with E-state index in [1.165, 1.54) is 6.07 Å². The van der Waals surface area contributed by atoms with E-state index in [2.05, 4.69) is 14.9 Å². The van der Waals surface area contributed by atoms with Crippen LogP contribution in [0.5, 0.6) is 0 Å². The zero-order valence-electron chi connectivity index (χ0n) is 10.5. The maximum atomic E-state index is 12.1. The van der Waals surface area contributed by atoms with Gasteiger partial charge in [-0.25, -0.2) is 13.1 Å². The van der Waals surface area contributed by atoms with Gasteiger partial charge in [-0.05, 0) is 31.8 Å². The molecule has 1 saturated carbocycles. The Balaban J connectivity index is 1.86. The molecular formula is C11H13N3O4S. The Morgan fingerprint density at radius 3 is 2.68 bits per heavy atom. The molecule has 7 nitrogen and oxygen atoms in total. The van der Waals surface area contributed by atoms with Gasteiger partial charge in [0.1, 0.15) is 16.4 Å². The number of hydrogen-bond acceptors (Lipinski definition) is 6. The standard InChI is InChI=1S/C11H13N3O4S/c1-6-5-9(7(2)17-6)19(15,16)14-11-12-10(18-13-11)8-3-4-8/h5,8H,3-4H2,1-2H3,(H,13,14). The fourth-order valence-corrected chi connectivity index (χ4v) is 3.00. The summed E-state index contributed by atoms with van der Waals surface area (Å²) in [5.74, 6) is 1.59. The van der Waals surface area contributed by atoms with Crippen molar-refractivity contribution in [3.8, 4) is 0 Å². The molecule has 0 aliphatic heterocycles. The van der Waals surface area contributed by atoms with Gasteiger partial charge in [-0.1, -0.05) is 0 Å². The Kier molecular flexibility index (Phi) is 2.63. The third-order valence-corrected chi connectivity index (χ3v) is 4.31. The summed E-state index contributed by atoms with van der Waals surface area (Å²) < 4.78 is 36.8. The number of hydrogen-bond donors (Lipinski definition) is 1. The number of aromatic nitrogens is 2. The van der Waals surface area contributed by atoms with Gasteiger partial charge in [-0.3, -0.25) is 0 Å². The van der Waals surface area contributed by atoms with Crippen LogP contribution >= 0.6 is 0 Å². The smallest absolute Gasteiger partial charge is 0.277 e. The van der Waals surface area contributed by atoms with Crippen molar-refractivity contribution in [3.63, 3.8) is 0 Å². The van der Waals surface area contributed by atoms with Crippen molar-refractivity contribution < 1.29 is 17.4 Å². The molecule has 0 unspecified atom stereocenters. The number of nitrogens with zero attached hydrogens (tertiary/aromatic N) is 2. The number of furan rings is 1. The number of sulfonamides is 1. The zero-order valence-corrected chi connectivity index (χ0v) is 11.3. The van der Waals surface area contributed by atoms with Crippen LogP contribution in [-0.2, 0) is 10.0 Å². The van der Waals surface area contributed by atoms with Crippen molar-refractivity contribution in [3.05, 3.63) is 23.5 Å². The SMILES string of the molecule is Cc1cc(S(=O)(=O)Nc2noc(C3CC3)n2)c(C)o1. The lowest BCUT2D eigenvalue weighted by atomic mass is 10.4. The monoisotopic (exact) mass is 283 g/mol. The van der Waals surface area contributed by atoms with Crippen LogP contribution in [0.3, 0.4) is 0 Å². The van der Waals surface area contributed by atoms with Crippen LogP contribution in [0.4, 0.5) is 5.95 Å². The molecule has 1 N–H and O–H groups in total. The highest BCUT2D eigenvalue weighted by atomic mass is 32.2. The van der Waals surface area contributed by atoms with Gasteiger partial charge in [-0.2, -0.15) is 4.98 Å². The Morgan fingerprint density at radius 2 is 2.11 bits per heavy atom. The van der Waals surface area contributed by atoms with Crippen molar-refractivity contribution in [2.24, 2.45) is 0 Å². The summed E-state index contributed by atoms with van der Waals surface area (Å²) in [4.78, 5) is 4.11. The van der Waals surface area contributed by atoms with E-state index in [9.17, 15) is 8.42 Å². The second-order valence-corrected chi connectivity index (χ2v) is 6.26. The highest BCUT2D eigenvalue weighted by Gasteiger charge is 2.30. The van der Waals surface area contributed by atoms with E-state index in [1.807, 2.05) is 0 Å². The van der Waals surface area contributed by atoms with E-state index in [1.54, 1.807) is 13.8 Å². The molecule has 2 aromatic rings. The average Bonchev–Trinajstić information content (AvgIpc) is 2.97. The summed E-state index contributed by atoms with van der Waals surface area (Å²) in [7, 11) is -3.74. The normalized spacial score (nSPS) is 15.7. The molecule has 1 aliphatic rings. The molecule has 0 amide bonds. The van der Waals surface area contributed by atoms with Crippen LogP contribution in [0, 0.1) is 13.8 Å². The first-order valence-corrected chi connectivity index (χ1v) is 7.37. The van der Waals surface area contributed by atoms with Crippen LogP contribution in [0.25, 0.3) is 0 Å². The topological polar surface area (TPSA) is 98.2 Å². The molecule has 1 fully saturated rings. The summed E-state index contributed by atoms with van der Waals surface area (Å²) in [5.41, 5.74) is 0. The fourth-order valence-electron chi connectivity index (χ4n) is 1.82. The van der Waals surface area contributed by atoms with Crippen molar-refractivity contribution in [1.82, 2.24) is 10.1 Å². The van der Waals surface area contributed by atoms with Crippen LogP contribution in [0.1, 0.15) is 36.2 Å². The molecule has 0 spiro atoms. The van der Waals surface area contributed by atoms with Crippen molar-refractivity contribution in [2.45, 2.75) is 37.5 Å². The largest absolute Gasteiger partial charge is 0.465 e. The summed E-state index contributed by atoms with van der Waals surface area (Å²) >= 11 is 0. The van der Waals surface area contributed by atoms with E-state index in [-0.39, 0.29) is 16.8 Å². The molecule has 0 atom stereocenters. The predicted octanol–water partition coefficient (Wildman–Crippen LogP) is 1.96. The van der Waals surface area contributed by atoms with E-state index in [0.29, 0.717) is 17.4 Å². The molecule has 102 valence electrons. The number of anilines is 1. The molecule has 3 rings (SSSR count). The molecule has 2 aromatic heterocycles. The highest BCUT2D eigenvalue weighted by Crippen LogP contribution is 2.39. The minimum absolute atomic E-state index is 0.0415. The van der Waals surface area contributed by atoms with E-state index >= 15 is 0 Å². The van der Waals surface area contributed by atoms with Gasteiger partial charge < -0.3 is 8.94 Å². The van der Waals surface area contributed by atoms with Crippen molar-refractivity contribution in [2.75, 3.05) is 4.72 Å². The van der Waals surface area contributed by atoms with Gasteiger partial charge in [-0.15, -0.1) is 0 Å². The second-order valence-electron chi connectivity index (χ2n) is 4.61. The highest BCUT2D eigenvalue weighted by molar-refractivity contribution is 7.92. The van der Waals surface area contributed by atoms with Gasteiger partial charge >= 0.3 is 0 Å². The van der Waals surface area contributed by atoms with Gasteiger partial charge in [0.05, 0.1) is 0 Å². The van der Waals surface area contributed by atoms with Crippen LogP contribution < -0.4 is 4.72 Å². The van der Waals surface area contributed by atoms with Gasteiger partial charge in [0.25, 0.3) is 16.0 Å². The van der Waals surface area contributed by atoms with Crippen molar-refractivity contribution in [1.29, 1.82) is 0 Å². The third-order valence-electron chi connectivity index (χ3n) is 2.88.